The van der Waals surface area contributed by atoms with Gasteiger partial charge in [-0.2, -0.15) is 0 Å². The van der Waals surface area contributed by atoms with Crippen LogP contribution in [0, 0.1) is 0 Å². The largest absolute Gasteiger partial charge is 0.316 e. The second kappa shape index (κ2) is 31.8. The second-order valence-corrected chi connectivity index (χ2v) is 35.4. The Morgan fingerprint density at radius 3 is 0.838 bits per heavy atom. The molecule has 8 nitrogen and oxygen atoms in total. The lowest BCUT2D eigenvalue weighted by atomic mass is 9.91. The summed E-state index contributed by atoms with van der Waals surface area (Å²) in [5.74, 6) is 2.54. The van der Waals surface area contributed by atoms with Crippen LogP contribution in [0.4, 0.5) is 0 Å². The van der Waals surface area contributed by atoms with Gasteiger partial charge in [-0.1, -0.05) is 376 Å². The molecule has 0 amide bonds. The zero-order valence-corrected chi connectivity index (χ0v) is 73.8. The van der Waals surface area contributed by atoms with Crippen molar-refractivity contribution in [2.75, 3.05) is 0 Å². The number of hydrogen-bond acceptors (Lipinski definition) is 4. The van der Waals surface area contributed by atoms with E-state index in [9.17, 15) is 0 Å². The highest BCUT2D eigenvalue weighted by atomic mass is 15.1. The van der Waals surface area contributed by atoms with Crippen molar-refractivity contribution in [2.45, 2.75) is 0 Å². The predicted octanol–water partition coefficient (Wildman–Crippen LogP) is 33.3. The van der Waals surface area contributed by atoms with E-state index >= 15 is 0 Å². The van der Waals surface area contributed by atoms with Gasteiger partial charge in [0.1, 0.15) is 11.6 Å². The number of aromatic nitrogens is 8. The molecule has 4 aliphatic rings. The summed E-state index contributed by atoms with van der Waals surface area (Å²) in [6.45, 7) is 0. The molecule has 632 valence electrons. The zero-order valence-electron chi connectivity index (χ0n) is 73.8. The fourth-order valence-corrected chi connectivity index (χ4v) is 22.2. The van der Waals surface area contributed by atoms with E-state index in [1.165, 1.54) is 232 Å². The molecule has 7 aromatic heterocycles. The van der Waals surface area contributed by atoms with Crippen LogP contribution < -0.4 is 0 Å². The minimum atomic E-state index is 0.686. The smallest absolute Gasteiger partial charge is 0.234 e. The third-order valence-corrected chi connectivity index (χ3v) is 28.0. The van der Waals surface area contributed by atoms with Crippen molar-refractivity contribution in [2.24, 2.45) is 0 Å². The molecule has 7 heterocycles. The van der Waals surface area contributed by atoms with Crippen LogP contribution in [0.2, 0.25) is 0 Å². The summed E-state index contributed by atoms with van der Waals surface area (Å²) >= 11 is 0. The van der Waals surface area contributed by atoms with Gasteiger partial charge in [0, 0.05) is 121 Å². The first-order valence-electron chi connectivity index (χ1n) is 46.4. The molecular weight excluding hydrogens is 1650 g/mol. The summed E-state index contributed by atoms with van der Waals surface area (Å²) < 4.78 is 9.03. The van der Waals surface area contributed by atoms with Crippen LogP contribution >= 0.6 is 0 Å². The number of nitrogens with zero attached hydrogens (tertiary/aromatic N) is 8. The maximum absolute atomic E-state index is 5.13. The molecule has 26 aromatic rings. The molecule has 0 N–H and O–H groups in total. The van der Waals surface area contributed by atoms with E-state index in [2.05, 4.69) is 477 Å². The first-order valence-corrected chi connectivity index (χ1v) is 46.4. The molecule has 0 spiro atoms. The standard InChI is InChI=1S/C36H23N.C35H22N2.C29H18N2.C28H17N3/c1-2-11-24(12-3-1)25-14-10-15-27(21-25)37-23-33-31-19-7-6-17-29(31)30-18-8-9-20-32(30)35-28-16-5-4-13-26(28)22-34(37)36(33)35;1-2-11-23(12-3-1)31-19-10-20-33(36-31)37-22-30-28-17-7-6-15-26(28)27-16-8-9-18-29(27)34-25-14-5-4-13-24(25)21-32(37)35(30)34;1-2-10-20-19(9-1)17-26-29-25(18-31(26)27-15-7-8-16-30-27)23-13-4-3-11-21(23)22-12-5-6-14-24(22)28(20)29;1-2-9-19-18(8-1)16-25-27-24(17-31(25)28-29-14-7-15-30-28)22-12-4-3-10-20(22)21-11-5-6-13-23(21)26(19)27/h1-23H;1-22H;1-18H;1-17H. The van der Waals surface area contributed by atoms with Gasteiger partial charge in [0.05, 0.1) is 27.8 Å². The minimum Gasteiger partial charge on any atom is -0.316 e. The van der Waals surface area contributed by atoms with Gasteiger partial charge in [0.15, 0.2) is 0 Å². The monoisotopic (exact) mass is 1730 g/mol. The quantitative estimate of drug-likeness (QED) is 0.166. The van der Waals surface area contributed by atoms with Crippen LogP contribution in [-0.4, -0.2) is 38.2 Å². The number of benzene rings is 19. The summed E-state index contributed by atoms with van der Waals surface area (Å²) in [5.41, 5.74) is 41.1. The summed E-state index contributed by atoms with van der Waals surface area (Å²) in [7, 11) is 0. The van der Waals surface area contributed by atoms with Crippen molar-refractivity contribution >= 4 is 86.7 Å². The number of hydrogen-bond donors (Lipinski definition) is 0. The van der Waals surface area contributed by atoms with Gasteiger partial charge in [0.25, 0.3) is 0 Å². The molecule has 8 heteroatoms. The zero-order chi connectivity index (χ0) is 89.4. The summed E-state index contributed by atoms with van der Waals surface area (Å²) in [4.78, 5) is 18.9. The van der Waals surface area contributed by atoms with Crippen molar-refractivity contribution in [3.8, 4) is 179 Å². The van der Waals surface area contributed by atoms with E-state index in [0.29, 0.717) is 5.95 Å². The molecule has 136 heavy (non-hydrogen) atoms. The van der Waals surface area contributed by atoms with Gasteiger partial charge in [-0.15, -0.1) is 0 Å². The Morgan fingerprint density at radius 2 is 0.449 bits per heavy atom. The third-order valence-electron chi connectivity index (χ3n) is 28.0. The minimum absolute atomic E-state index is 0.686. The molecule has 0 saturated heterocycles. The van der Waals surface area contributed by atoms with Crippen molar-refractivity contribution in [1.29, 1.82) is 0 Å². The van der Waals surface area contributed by atoms with Gasteiger partial charge < -0.3 is 13.7 Å². The van der Waals surface area contributed by atoms with Crippen molar-refractivity contribution in [3.63, 3.8) is 0 Å². The number of rotatable bonds is 6. The molecule has 0 bridgehead atoms. The van der Waals surface area contributed by atoms with E-state index in [1.54, 1.807) is 12.4 Å². The molecule has 0 fully saturated rings. The van der Waals surface area contributed by atoms with Crippen LogP contribution in [-0.2, 0) is 0 Å². The Kier molecular flexibility index (Phi) is 18.2. The average molecular weight is 1730 g/mol. The maximum Gasteiger partial charge on any atom is 0.234 e. The molecule has 19 aromatic carbocycles. The fourth-order valence-electron chi connectivity index (χ4n) is 22.2. The molecule has 0 atom stereocenters. The summed E-state index contributed by atoms with van der Waals surface area (Å²) in [6.07, 6.45) is 14.6. The molecule has 30 rings (SSSR count). The second-order valence-electron chi connectivity index (χ2n) is 35.4. The molecule has 4 aliphatic carbocycles. The Balaban J connectivity index is 0.0000000922. The highest BCUT2D eigenvalue weighted by Gasteiger charge is 2.33. The van der Waals surface area contributed by atoms with Gasteiger partial charge in [0.2, 0.25) is 5.95 Å². The topological polar surface area (TPSA) is 71.3 Å². The Bertz CT molecular complexity index is 8820. The van der Waals surface area contributed by atoms with Crippen LogP contribution in [0.3, 0.4) is 0 Å². The first kappa shape index (κ1) is 77.7. The van der Waals surface area contributed by atoms with Crippen molar-refractivity contribution in [3.05, 3.63) is 486 Å². The molecule has 0 saturated carbocycles. The van der Waals surface area contributed by atoms with Crippen LogP contribution in [0.15, 0.2) is 486 Å². The van der Waals surface area contributed by atoms with Gasteiger partial charge in [-0.3, -0.25) is 4.57 Å². The number of fused-ring (bicyclic) bond motifs is 28. The Morgan fingerprint density at radius 1 is 0.169 bits per heavy atom. The lowest BCUT2D eigenvalue weighted by Gasteiger charge is -2.15. The van der Waals surface area contributed by atoms with Crippen LogP contribution in [0.1, 0.15) is 0 Å². The fraction of sp³-hybridized carbons (Fsp3) is 0. The summed E-state index contributed by atoms with van der Waals surface area (Å²) in [5, 5.41) is 15.2. The van der Waals surface area contributed by atoms with Crippen LogP contribution in [0.5, 0.6) is 0 Å². The molecular formula is C128H80N8. The maximum atomic E-state index is 5.13. The van der Waals surface area contributed by atoms with E-state index in [0.717, 1.165) is 28.4 Å². The van der Waals surface area contributed by atoms with Crippen molar-refractivity contribution in [1.82, 2.24) is 38.2 Å². The molecule has 0 aliphatic heterocycles. The highest BCUT2D eigenvalue weighted by molar-refractivity contribution is 6.27. The highest BCUT2D eigenvalue weighted by Crippen LogP contribution is 2.57. The lowest BCUT2D eigenvalue weighted by Crippen LogP contribution is -1.98. The lowest BCUT2D eigenvalue weighted by molar-refractivity contribution is 0.963. The predicted molar refractivity (Wildman–Crippen MR) is 565 cm³/mol. The van der Waals surface area contributed by atoms with E-state index in [4.69, 9.17) is 4.98 Å². The molecule has 0 unspecified atom stereocenters. The van der Waals surface area contributed by atoms with E-state index in [-0.39, 0.29) is 0 Å². The normalized spacial score (nSPS) is 11.8. The van der Waals surface area contributed by atoms with E-state index < -0.39 is 0 Å². The number of pyridine rings is 2. The molecule has 0 radical (unpaired) electrons. The summed E-state index contributed by atoms with van der Waals surface area (Å²) in [6, 6.07) is 159. The van der Waals surface area contributed by atoms with Crippen molar-refractivity contribution < 1.29 is 0 Å². The Hall–Kier alpha value is -18.2. The van der Waals surface area contributed by atoms with Gasteiger partial charge in [-0.05, 0) is 210 Å². The Labute approximate surface area is 784 Å². The first-order chi connectivity index (χ1) is 67.5. The van der Waals surface area contributed by atoms with Crippen LogP contribution in [0.25, 0.3) is 266 Å². The third kappa shape index (κ3) is 12.5. The van der Waals surface area contributed by atoms with Gasteiger partial charge in [-0.25, -0.2) is 19.9 Å². The SMILES string of the molecule is c1ccc(-c2cccc(-n3cc4c5c(c6ccccc6cc53)-c3ccccc3-c3ccccc3-4)c2)cc1.c1ccc(-c2cccc(-n3cc4c5c(c6ccccc6cc53)-c3ccccc3-c3ccccc3-4)n2)cc1.c1ccc(-n2cc3c4c(c5ccccc5cc42)-c2ccccc2-c2ccccc2-3)nc1.c1cnc(-n2cc3c4c(c5ccccc5cc42)-c2ccccc2-c2ccccc2-3)nc1. The average Bonchev–Trinajstić information content (AvgIpc) is 1.57. The van der Waals surface area contributed by atoms with E-state index in [1.807, 2.05) is 30.5 Å². The van der Waals surface area contributed by atoms with Gasteiger partial charge >= 0.3 is 0 Å².